The number of hydrogen-bond acceptors (Lipinski definition) is 2. The van der Waals surface area contributed by atoms with Crippen LogP contribution in [-0.2, 0) is 33.7 Å². The lowest BCUT2D eigenvalue weighted by molar-refractivity contribution is -0.138. The average molecular weight is 735 g/mol. The van der Waals surface area contributed by atoms with E-state index in [1.54, 1.807) is 24.3 Å². The highest BCUT2D eigenvalue weighted by Gasteiger charge is 2.32. The summed E-state index contributed by atoms with van der Waals surface area (Å²) < 4.78 is 165. The average Bonchev–Trinajstić information content (AvgIpc) is 3.74. The van der Waals surface area contributed by atoms with Gasteiger partial charge in [0, 0.05) is 22.3 Å². The SMILES string of the molecule is O=S(=O)(Cc1cc(F)c(C2=CCC=C2c2ccc(C(F)(F)F)cc2)cc1F)Cc1cc(F)c(C2=CCC=C2c2ccc(C(F)(F)F)cc2)cc1F. The maximum absolute atomic E-state index is 15.4. The molecule has 0 unspecified atom stereocenters. The van der Waals surface area contributed by atoms with E-state index in [0.717, 1.165) is 36.4 Å². The van der Waals surface area contributed by atoms with Crippen LogP contribution >= 0.6 is 0 Å². The predicted octanol–water partition coefficient (Wildman–Crippen LogP) is 11.1. The number of alkyl halides is 6. The monoisotopic (exact) mass is 734 g/mol. The topological polar surface area (TPSA) is 34.1 Å². The lowest BCUT2D eigenvalue weighted by Crippen LogP contribution is -2.12. The molecule has 6 rings (SSSR count). The summed E-state index contributed by atoms with van der Waals surface area (Å²) in [5.74, 6) is -6.34. The Kier molecular flexibility index (Phi) is 9.38. The Morgan fingerprint density at radius 1 is 0.471 bits per heavy atom. The van der Waals surface area contributed by atoms with Gasteiger partial charge < -0.3 is 0 Å². The number of benzene rings is 4. The molecule has 2 aliphatic carbocycles. The molecule has 0 spiro atoms. The molecule has 2 nitrogen and oxygen atoms in total. The second-order valence-electron chi connectivity index (χ2n) is 12.0. The van der Waals surface area contributed by atoms with Crippen LogP contribution in [0.4, 0.5) is 43.9 Å². The van der Waals surface area contributed by atoms with Gasteiger partial charge in [-0.2, -0.15) is 26.3 Å². The maximum Gasteiger partial charge on any atom is 0.416 e. The zero-order valence-corrected chi connectivity index (χ0v) is 26.9. The van der Waals surface area contributed by atoms with Gasteiger partial charge in [-0.1, -0.05) is 48.6 Å². The van der Waals surface area contributed by atoms with E-state index >= 15 is 17.6 Å². The molecule has 4 aromatic carbocycles. The Morgan fingerprint density at radius 3 is 1.14 bits per heavy atom. The predicted molar refractivity (Wildman–Crippen MR) is 173 cm³/mol. The fourth-order valence-corrected chi connectivity index (χ4v) is 7.59. The molecule has 0 fully saturated rings. The molecule has 0 aliphatic heterocycles. The Hall–Kier alpha value is -4.91. The molecule has 0 bridgehead atoms. The van der Waals surface area contributed by atoms with Crippen molar-refractivity contribution in [3.8, 4) is 0 Å². The van der Waals surface area contributed by atoms with Crippen molar-refractivity contribution in [3.63, 3.8) is 0 Å². The van der Waals surface area contributed by atoms with E-state index in [0.29, 0.717) is 34.4 Å². The summed E-state index contributed by atoms with van der Waals surface area (Å²) in [5, 5.41) is 0. The van der Waals surface area contributed by atoms with Crippen LogP contribution in [0, 0.1) is 23.3 Å². The third-order valence-corrected chi connectivity index (χ3v) is 10.0. The molecule has 0 N–H and O–H groups in total. The summed E-state index contributed by atoms with van der Waals surface area (Å²) in [7, 11) is -4.42. The summed E-state index contributed by atoms with van der Waals surface area (Å²) in [5.41, 5.74) is -1.62. The van der Waals surface area contributed by atoms with Gasteiger partial charge in [-0.25, -0.2) is 26.0 Å². The summed E-state index contributed by atoms with van der Waals surface area (Å²) in [6, 6.07) is 11.2. The molecule has 264 valence electrons. The molecule has 0 saturated carbocycles. The number of hydrogen-bond donors (Lipinski definition) is 0. The molecule has 0 saturated heterocycles. The first kappa shape index (κ1) is 35.9. The van der Waals surface area contributed by atoms with Gasteiger partial charge in [-0.05, 0) is 94.8 Å². The van der Waals surface area contributed by atoms with E-state index < -0.39 is 79.2 Å². The van der Waals surface area contributed by atoms with Crippen LogP contribution in [0.1, 0.15) is 57.3 Å². The molecule has 51 heavy (non-hydrogen) atoms. The molecule has 4 aromatic rings. The van der Waals surface area contributed by atoms with Crippen molar-refractivity contribution < 1.29 is 52.3 Å². The Bertz CT molecular complexity index is 2100. The second kappa shape index (κ2) is 13.3. The second-order valence-corrected chi connectivity index (χ2v) is 14.0. The van der Waals surface area contributed by atoms with Crippen LogP contribution in [0.5, 0.6) is 0 Å². The zero-order chi connectivity index (χ0) is 36.9. The first-order valence-electron chi connectivity index (χ1n) is 15.2. The van der Waals surface area contributed by atoms with Crippen LogP contribution in [0.25, 0.3) is 22.3 Å². The fourth-order valence-electron chi connectivity index (χ4n) is 6.10. The largest absolute Gasteiger partial charge is 0.416 e. The molecule has 0 amide bonds. The van der Waals surface area contributed by atoms with Crippen molar-refractivity contribution in [3.05, 3.63) is 165 Å². The van der Waals surface area contributed by atoms with E-state index in [2.05, 4.69) is 0 Å². The third kappa shape index (κ3) is 7.58. The van der Waals surface area contributed by atoms with E-state index in [9.17, 15) is 34.8 Å². The van der Waals surface area contributed by atoms with Crippen LogP contribution in [0.3, 0.4) is 0 Å². The van der Waals surface area contributed by atoms with Gasteiger partial charge in [0.1, 0.15) is 23.3 Å². The summed E-state index contributed by atoms with van der Waals surface area (Å²) in [6.45, 7) is 0. The van der Waals surface area contributed by atoms with Crippen LogP contribution in [-0.4, -0.2) is 8.42 Å². The minimum Gasteiger partial charge on any atom is -0.228 e. The molecule has 0 heterocycles. The lowest BCUT2D eigenvalue weighted by Gasteiger charge is -2.15. The van der Waals surface area contributed by atoms with E-state index in [1.165, 1.54) is 24.3 Å². The van der Waals surface area contributed by atoms with Crippen molar-refractivity contribution in [1.29, 1.82) is 0 Å². The molecular formula is C38H24F10O2S. The quantitative estimate of drug-likeness (QED) is 0.169. The van der Waals surface area contributed by atoms with Crippen LogP contribution in [0.2, 0.25) is 0 Å². The normalized spacial score (nSPS) is 15.1. The van der Waals surface area contributed by atoms with Gasteiger partial charge in [0.2, 0.25) is 0 Å². The minimum absolute atomic E-state index is 0.201. The van der Waals surface area contributed by atoms with Gasteiger partial charge in [-0.3, -0.25) is 0 Å². The number of allylic oxidation sites excluding steroid dienone is 8. The van der Waals surface area contributed by atoms with Gasteiger partial charge in [0.15, 0.2) is 9.84 Å². The number of rotatable bonds is 8. The van der Waals surface area contributed by atoms with Crippen molar-refractivity contribution in [2.24, 2.45) is 0 Å². The molecule has 0 aromatic heterocycles. The first-order valence-corrected chi connectivity index (χ1v) is 17.1. The Labute approximate surface area is 285 Å². The smallest absolute Gasteiger partial charge is 0.228 e. The Balaban J connectivity index is 1.19. The van der Waals surface area contributed by atoms with E-state index in [1.807, 2.05) is 0 Å². The summed E-state index contributed by atoms with van der Waals surface area (Å²) in [4.78, 5) is 0. The molecule has 0 radical (unpaired) electrons. The summed E-state index contributed by atoms with van der Waals surface area (Å²) >= 11 is 0. The zero-order valence-electron chi connectivity index (χ0n) is 26.1. The highest BCUT2D eigenvalue weighted by molar-refractivity contribution is 7.89. The molecule has 13 heteroatoms. The Morgan fingerprint density at radius 2 is 0.804 bits per heavy atom. The van der Waals surface area contributed by atoms with Gasteiger partial charge >= 0.3 is 12.4 Å². The van der Waals surface area contributed by atoms with Gasteiger partial charge in [0.05, 0.1) is 22.6 Å². The highest BCUT2D eigenvalue weighted by atomic mass is 32.2. The highest BCUT2D eigenvalue weighted by Crippen LogP contribution is 2.41. The van der Waals surface area contributed by atoms with Crippen molar-refractivity contribution >= 4 is 32.1 Å². The summed E-state index contributed by atoms with van der Waals surface area (Å²) in [6.07, 6.45) is -2.21. The van der Waals surface area contributed by atoms with Crippen LogP contribution < -0.4 is 0 Å². The lowest BCUT2D eigenvalue weighted by atomic mass is 9.93. The molecular weight excluding hydrogens is 710 g/mol. The first-order chi connectivity index (χ1) is 23.9. The van der Waals surface area contributed by atoms with Crippen molar-refractivity contribution in [1.82, 2.24) is 0 Å². The third-order valence-electron chi connectivity index (χ3n) is 8.52. The minimum atomic E-state index is -4.56. The number of sulfone groups is 1. The van der Waals surface area contributed by atoms with Gasteiger partial charge in [-0.15, -0.1) is 0 Å². The number of halogens is 10. The fraction of sp³-hybridized carbons (Fsp3) is 0.158. The standard InChI is InChI=1S/C38H24F10O2S/c39-33-17-31(29-5-1-3-27(29)21-7-11-25(12-8-21)37(43,44)45)35(41)15-23(33)19-51(49,50)20-24-16-36(42)32(18-34(24)40)30-6-2-4-28(30)22-9-13-26(14-10-22)38(46,47)48/h3-18H,1-2,19-20H2. The maximum atomic E-state index is 15.4. The molecule has 0 atom stereocenters. The van der Waals surface area contributed by atoms with Crippen LogP contribution in [0.15, 0.2) is 97.1 Å². The van der Waals surface area contributed by atoms with E-state index in [4.69, 9.17) is 0 Å². The van der Waals surface area contributed by atoms with Crippen molar-refractivity contribution in [2.75, 3.05) is 0 Å². The van der Waals surface area contributed by atoms with E-state index in [-0.39, 0.29) is 35.1 Å². The molecule has 2 aliphatic rings. The van der Waals surface area contributed by atoms with Crippen molar-refractivity contribution in [2.45, 2.75) is 36.7 Å². The van der Waals surface area contributed by atoms with Gasteiger partial charge in [0.25, 0.3) is 0 Å².